The molecule has 2 rings (SSSR count). The number of nitrogens with zero attached hydrogens (tertiary/aromatic N) is 2. The summed E-state index contributed by atoms with van der Waals surface area (Å²) in [6, 6.07) is 2.44. The molecule has 4 nitrogen and oxygen atoms in total. The third-order valence-electron chi connectivity index (χ3n) is 2.44. The van der Waals surface area contributed by atoms with Crippen molar-refractivity contribution < 1.29 is 4.42 Å². The highest BCUT2D eigenvalue weighted by molar-refractivity contribution is 9.10. The maximum Gasteiger partial charge on any atom is 0.122 e. The van der Waals surface area contributed by atoms with E-state index in [1.165, 1.54) is 0 Å². The number of hydrogen-bond donors (Lipinski definition) is 1. The van der Waals surface area contributed by atoms with Crippen LogP contribution in [0.25, 0.3) is 0 Å². The Labute approximate surface area is 109 Å². The van der Waals surface area contributed by atoms with Gasteiger partial charge in [0.2, 0.25) is 0 Å². The Balaban J connectivity index is 2.03. The monoisotopic (exact) mass is 297 g/mol. The van der Waals surface area contributed by atoms with Crippen molar-refractivity contribution in [2.75, 3.05) is 0 Å². The van der Waals surface area contributed by atoms with Crippen LogP contribution in [0.15, 0.2) is 33.6 Å². The molecule has 0 amide bonds. The molecular weight excluding hydrogens is 282 g/mol. The fourth-order valence-electron chi connectivity index (χ4n) is 1.56. The van der Waals surface area contributed by atoms with Gasteiger partial charge in [-0.05, 0) is 22.0 Å². The van der Waals surface area contributed by atoms with E-state index in [1.807, 2.05) is 16.9 Å². The molecule has 0 saturated carbocycles. The number of furan rings is 1. The summed E-state index contributed by atoms with van der Waals surface area (Å²) in [7, 11) is 0. The number of halogens is 1. The van der Waals surface area contributed by atoms with Gasteiger partial charge in [-0.1, -0.05) is 13.8 Å². The fraction of sp³-hybridized carbons (Fsp3) is 0.417. The average molecular weight is 298 g/mol. The Morgan fingerprint density at radius 3 is 3.00 bits per heavy atom. The molecule has 0 spiro atoms. The van der Waals surface area contributed by atoms with E-state index in [4.69, 9.17) is 4.42 Å². The summed E-state index contributed by atoms with van der Waals surface area (Å²) in [5, 5.41) is 7.58. The summed E-state index contributed by atoms with van der Waals surface area (Å²) in [5.41, 5.74) is 1.16. The molecule has 0 atom stereocenters. The van der Waals surface area contributed by atoms with Crippen molar-refractivity contribution in [3.05, 3.63) is 40.5 Å². The van der Waals surface area contributed by atoms with Gasteiger partial charge in [0.05, 0.1) is 30.0 Å². The van der Waals surface area contributed by atoms with Gasteiger partial charge >= 0.3 is 0 Å². The van der Waals surface area contributed by atoms with Crippen LogP contribution >= 0.6 is 15.9 Å². The molecule has 2 aromatic heterocycles. The third kappa shape index (κ3) is 3.44. The minimum absolute atomic E-state index is 0.451. The highest BCUT2D eigenvalue weighted by atomic mass is 79.9. The van der Waals surface area contributed by atoms with E-state index in [-0.39, 0.29) is 0 Å². The van der Waals surface area contributed by atoms with E-state index in [0.29, 0.717) is 6.04 Å². The minimum atomic E-state index is 0.451. The summed E-state index contributed by atoms with van der Waals surface area (Å²) >= 11 is 3.39. The lowest BCUT2D eigenvalue weighted by Crippen LogP contribution is -2.22. The van der Waals surface area contributed by atoms with Crippen LogP contribution < -0.4 is 5.32 Å². The second-order valence-electron chi connectivity index (χ2n) is 4.26. The topological polar surface area (TPSA) is 43.0 Å². The zero-order valence-corrected chi connectivity index (χ0v) is 11.6. The number of hydrogen-bond acceptors (Lipinski definition) is 3. The van der Waals surface area contributed by atoms with E-state index in [9.17, 15) is 0 Å². The van der Waals surface area contributed by atoms with Gasteiger partial charge in [0, 0.05) is 17.8 Å². The lowest BCUT2D eigenvalue weighted by Gasteiger charge is -2.07. The average Bonchev–Trinajstić information content (AvgIpc) is 2.86. The van der Waals surface area contributed by atoms with E-state index in [2.05, 4.69) is 40.2 Å². The van der Waals surface area contributed by atoms with E-state index in [0.717, 1.165) is 28.9 Å². The maximum absolute atomic E-state index is 5.48. The first-order valence-electron chi connectivity index (χ1n) is 5.61. The summed E-state index contributed by atoms with van der Waals surface area (Å²) in [4.78, 5) is 0. The van der Waals surface area contributed by atoms with Crippen molar-refractivity contribution in [2.45, 2.75) is 33.0 Å². The zero-order valence-electron chi connectivity index (χ0n) is 9.98. The maximum atomic E-state index is 5.48. The molecule has 0 fully saturated rings. The molecule has 0 aliphatic carbocycles. The number of rotatable bonds is 5. The lowest BCUT2D eigenvalue weighted by molar-refractivity contribution is 0.458. The van der Waals surface area contributed by atoms with Crippen LogP contribution in [0.2, 0.25) is 0 Å². The van der Waals surface area contributed by atoms with Crippen LogP contribution in [-0.4, -0.2) is 15.8 Å². The molecule has 0 radical (unpaired) electrons. The Kier molecular flexibility index (Phi) is 4.02. The Morgan fingerprint density at radius 2 is 2.35 bits per heavy atom. The van der Waals surface area contributed by atoms with Gasteiger partial charge in [-0.15, -0.1) is 0 Å². The molecule has 0 aliphatic rings. The van der Waals surface area contributed by atoms with Crippen molar-refractivity contribution in [2.24, 2.45) is 0 Å². The summed E-state index contributed by atoms with van der Waals surface area (Å²) in [6.45, 7) is 5.72. The van der Waals surface area contributed by atoms with Crippen LogP contribution in [0, 0.1) is 0 Å². The predicted molar refractivity (Wildman–Crippen MR) is 69.7 cm³/mol. The van der Waals surface area contributed by atoms with Crippen LogP contribution in [-0.2, 0) is 13.1 Å². The van der Waals surface area contributed by atoms with E-state index < -0.39 is 0 Å². The summed E-state index contributed by atoms with van der Waals surface area (Å²) < 4.78 is 8.35. The first kappa shape index (κ1) is 12.4. The first-order valence-corrected chi connectivity index (χ1v) is 6.41. The van der Waals surface area contributed by atoms with Gasteiger partial charge in [0.1, 0.15) is 5.76 Å². The normalized spacial score (nSPS) is 11.3. The van der Waals surface area contributed by atoms with Crippen molar-refractivity contribution in [1.82, 2.24) is 15.1 Å². The molecule has 0 saturated heterocycles. The molecule has 5 heteroatoms. The van der Waals surface area contributed by atoms with Crippen molar-refractivity contribution in [3.8, 4) is 0 Å². The Hall–Kier alpha value is -1.07. The van der Waals surface area contributed by atoms with Gasteiger partial charge < -0.3 is 9.73 Å². The molecule has 0 aromatic carbocycles. The zero-order chi connectivity index (χ0) is 12.3. The molecule has 2 heterocycles. The molecule has 0 bridgehead atoms. The quantitative estimate of drug-likeness (QED) is 0.923. The van der Waals surface area contributed by atoms with Crippen molar-refractivity contribution in [1.29, 1.82) is 0 Å². The molecule has 92 valence electrons. The highest BCUT2D eigenvalue weighted by Gasteiger charge is 2.08. The van der Waals surface area contributed by atoms with Crippen molar-refractivity contribution in [3.63, 3.8) is 0 Å². The second kappa shape index (κ2) is 5.51. The number of nitrogens with one attached hydrogen (secondary N) is 1. The highest BCUT2D eigenvalue weighted by Crippen LogP contribution is 2.14. The summed E-state index contributed by atoms with van der Waals surface area (Å²) in [5.74, 6) is 0.977. The second-order valence-corrected chi connectivity index (χ2v) is 5.18. The third-order valence-corrected chi connectivity index (χ3v) is 2.85. The number of aromatic nitrogens is 2. The van der Waals surface area contributed by atoms with Crippen molar-refractivity contribution >= 4 is 15.9 Å². The molecule has 17 heavy (non-hydrogen) atoms. The van der Waals surface area contributed by atoms with E-state index in [1.54, 1.807) is 12.5 Å². The fourth-order valence-corrected chi connectivity index (χ4v) is 1.89. The van der Waals surface area contributed by atoms with Crippen LogP contribution in [0.3, 0.4) is 0 Å². The van der Waals surface area contributed by atoms with Gasteiger partial charge in [-0.3, -0.25) is 4.68 Å². The molecule has 0 aliphatic heterocycles. The molecule has 1 N–H and O–H groups in total. The van der Waals surface area contributed by atoms with E-state index >= 15 is 0 Å². The standard InChI is InChI=1S/C12H16BrN3O/c1-9(2)14-6-12-10(3-4-17-12)7-16-8-11(13)5-15-16/h3-5,8-9,14H,6-7H2,1-2H3. The Morgan fingerprint density at radius 1 is 1.53 bits per heavy atom. The minimum Gasteiger partial charge on any atom is -0.468 e. The lowest BCUT2D eigenvalue weighted by atomic mass is 10.2. The SMILES string of the molecule is CC(C)NCc1occc1Cn1cc(Br)cn1. The predicted octanol–water partition coefficient (Wildman–Crippen LogP) is 2.78. The van der Waals surface area contributed by atoms with Gasteiger partial charge in [-0.25, -0.2) is 0 Å². The molecule has 0 unspecified atom stereocenters. The largest absolute Gasteiger partial charge is 0.468 e. The van der Waals surface area contributed by atoms with Crippen LogP contribution in [0.4, 0.5) is 0 Å². The summed E-state index contributed by atoms with van der Waals surface area (Å²) in [6.07, 6.45) is 5.46. The van der Waals surface area contributed by atoms with Gasteiger partial charge in [0.15, 0.2) is 0 Å². The van der Waals surface area contributed by atoms with Gasteiger partial charge in [-0.2, -0.15) is 5.10 Å². The van der Waals surface area contributed by atoms with Crippen LogP contribution in [0.1, 0.15) is 25.2 Å². The van der Waals surface area contributed by atoms with Gasteiger partial charge in [0.25, 0.3) is 0 Å². The molecule has 2 aromatic rings. The smallest absolute Gasteiger partial charge is 0.122 e. The Bertz CT molecular complexity index is 476. The first-order chi connectivity index (χ1) is 8.15. The molecular formula is C12H16BrN3O. The van der Waals surface area contributed by atoms with Crippen LogP contribution in [0.5, 0.6) is 0 Å².